The van der Waals surface area contributed by atoms with E-state index in [4.69, 9.17) is 0 Å². The van der Waals surface area contributed by atoms with Crippen molar-refractivity contribution in [2.24, 2.45) is 0 Å². The van der Waals surface area contributed by atoms with Crippen LogP contribution in [-0.4, -0.2) is 9.55 Å². The van der Waals surface area contributed by atoms with Crippen molar-refractivity contribution in [2.45, 2.75) is 6.04 Å². The Balaban J connectivity index is 1.80. The molecule has 1 heterocycles. The van der Waals surface area contributed by atoms with Gasteiger partial charge in [-0.25, -0.2) is 4.98 Å². The first kappa shape index (κ1) is 14.5. The minimum absolute atomic E-state index is 0.110. The highest BCUT2D eigenvalue weighted by molar-refractivity contribution is 5.75. The van der Waals surface area contributed by atoms with Crippen molar-refractivity contribution in [3.63, 3.8) is 0 Å². The Labute approximate surface area is 141 Å². The van der Waals surface area contributed by atoms with Crippen LogP contribution in [0.4, 0.5) is 0 Å². The first-order chi connectivity index (χ1) is 11.9. The lowest BCUT2D eigenvalue weighted by Gasteiger charge is -2.16. The fourth-order valence-corrected chi connectivity index (χ4v) is 2.98. The summed E-state index contributed by atoms with van der Waals surface area (Å²) in [6.45, 7) is 0. The zero-order valence-electron chi connectivity index (χ0n) is 13.3. The summed E-state index contributed by atoms with van der Waals surface area (Å²) in [6.07, 6.45) is 6.34. The molecule has 0 bridgehead atoms. The number of nitrogens with zero attached hydrogens (tertiary/aromatic N) is 2. The van der Waals surface area contributed by atoms with E-state index in [1.54, 1.807) is 0 Å². The monoisotopic (exact) mass is 310 g/mol. The van der Waals surface area contributed by atoms with Gasteiger partial charge in [0.15, 0.2) is 0 Å². The highest BCUT2D eigenvalue weighted by Crippen LogP contribution is 2.25. The van der Waals surface area contributed by atoms with Gasteiger partial charge in [-0.05, 0) is 23.3 Å². The van der Waals surface area contributed by atoms with E-state index in [0.29, 0.717) is 0 Å². The van der Waals surface area contributed by atoms with Crippen molar-refractivity contribution in [2.75, 3.05) is 0 Å². The Morgan fingerprint density at radius 3 is 2.21 bits per heavy atom. The number of allylic oxidation sites excluding steroid dienone is 1. The second-order valence-corrected chi connectivity index (χ2v) is 5.77. The summed E-state index contributed by atoms with van der Waals surface area (Å²) in [6, 6.07) is 29.3. The van der Waals surface area contributed by atoms with Gasteiger partial charge in [-0.1, -0.05) is 84.9 Å². The molecule has 2 heteroatoms. The average Bonchev–Trinajstić information content (AvgIpc) is 3.08. The number of fused-ring (bicyclic) bond motifs is 1. The Bertz CT molecular complexity index is 953. The topological polar surface area (TPSA) is 17.8 Å². The van der Waals surface area contributed by atoms with Crippen LogP contribution in [0.3, 0.4) is 0 Å². The van der Waals surface area contributed by atoms with Gasteiger partial charge in [0.25, 0.3) is 0 Å². The maximum absolute atomic E-state index is 4.55. The minimum Gasteiger partial charge on any atom is -0.319 e. The molecule has 0 aliphatic heterocycles. The minimum atomic E-state index is 0.110. The summed E-state index contributed by atoms with van der Waals surface area (Å²) in [5.41, 5.74) is 4.60. The van der Waals surface area contributed by atoms with E-state index in [2.05, 4.69) is 88.4 Å². The maximum Gasteiger partial charge on any atom is 0.0966 e. The Morgan fingerprint density at radius 2 is 1.42 bits per heavy atom. The number of imidazole rings is 1. The van der Waals surface area contributed by atoms with E-state index >= 15 is 0 Å². The summed E-state index contributed by atoms with van der Waals surface area (Å²) < 4.78 is 2.23. The highest BCUT2D eigenvalue weighted by Gasteiger charge is 2.13. The Kier molecular flexibility index (Phi) is 3.95. The predicted molar refractivity (Wildman–Crippen MR) is 99.8 cm³/mol. The Morgan fingerprint density at radius 1 is 0.750 bits per heavy atom. The molecule has 1 atom stereocenters. The largest absolute Gasteiger partial charge is 0.319 e. The van der Waals surface area contributed by atoms with Crippen LogP contribution in [0.1, 0.15) is 17.2 Å². The number of aromatic nitrogens is 2. The third kappa shape index (κ3) is 2.86. The van der Waals surface area contributed by atoms with Gasteiger partial charge in [-0.2, -0.15) is 0 Å². The van der Waals surface area contributed by atoms with Crippen molar-refractivity contribution in [3.8, 4) is 0 Å². The smallest absolute Gasteiger partial charge is 0.0966 e. The molecule has 0 aliphatic carbocycles. The van der Waals surface area contributed by atoms with E-state index in [9.17, 15) is 0 Å². The summed E-state index contributed by atoms with van der Waals surface area (Å²) in [4.78, 5) is 4.55. The molecule has 0 saturated carbocycles. The van der Waals surface area contributed by atoms with E-state index in [-0.39, 0.29) is 6.04 Å². The van der Waals surface area contributed by atoms with Crippen LogP contribution in [0, 0.1) is 0 Å². The van der Waals surface area contributed by atoms with Gasteiger partial charge in [0.05, 0.1) is 23.4 Å². The molecule has 0 spiro atoms. The lowest BCUT2D eigenvalue weighted by atomic mass is 10.0. The maximum atomic E-state index is 4.55. The number of hydrogen-bond donors (Lipinski definition) is 0. The molecule has 0 N–H and O–H groups in total. The number of para-hydroxylation sites is 2. The zero-order chi connectivity index (χ0) is 16.2. The molecule has 0 fully saturated rings. The Hall–Kier alpha value is -3.13. The molecule has 4 aromatic rings. The van der Waals surface area contributed by atoms with Crippen molar-refractivity contribution in [1.82, 2.24) is 9.55 Å². The molecule has 0 amide bonds. The molecule has 3 aromatic carbocycles. The molecule has 0 saturated heterocycles. The number of hydrogen-bond acceptors (Lipinski definition) is 1. The average molecular weight is 310 g/mol. The van der Waals surface area contributed by atoms with Crippen molar-refractivity contribution in [3.05, 3.63) is 108 Å². The second-order valence-electron chi connectivity index (χ2n) is 5.77. The molecular formula is C22H18N2. The van der Waals surface area contributed by atoms with E-state index in [0.717, 1.165) is 11.0 Å². The summed E-state index contributed by atoms with van der Waals surface area (Å²) in [7, 11) is 0. The lowest BCUT2D eigenvalue weighted by Crippen LogP contribution is -2.06. The molecule has 1 aromatic heterocycles. The van der Waals surface area contributed by atoms with Crippen molar-refractivity contribution >= 4 is 17.1 Å². The third-order valence-electron chi connectivity index (χ3n) is 4.19. The molecule has 24 heavy (non-hydrogen) atoms. The van der Waals surface area contributed by atoms with Gasteiger partial charge in [0.2, 0.25) is 0 Å². The molecule has 0 radical (unpaired) electrons. The van der Waals surface area contributed by atoms with Gasteiger partial charge in [-0.15, -0.1) is 0 Å². The number of benzene rings is 3. The normalized spacial score (nSPS) is 12.7. The predicted octanol–water partition coefficient (Wildman–Crippen LogP) is 5.34. The van der Waals surface area contributed by atoms with Crippen LogP contribution in [-0.2, 0) is 0 Å². The SMILES string of the molecule is C(=C\C(c1ccccc1)n1cnc2ccccc21)/c1ccccc1. The fraction of sp³-hybridized carbons (Fsp3) is 0.0455. The van der Waals surface area contributed by atoms with Gasteiger partial charge < -0.3 is 4.57 Å². The van der Waals surface area contributed by atoms with E-state index < -0.39 is 0 Å². The first-order valence-electron chi connectivity index (χ1n) is 8.11. The first-order valence-corrected chi connectivity index (χ1v) is 8.11. The summed E-state index contributed by atoms with van der Waals surface area (Å²) >= 11 is 0. The summed E-state index contributed by atoms with van der Waals surface area (Å²) in [5.74, 6) is 0. The van der Waals surface area contributed by atoms with Gasteiger partial charge in [0.1, 0.15) is 0 Å². The van der Waals surface area contributed by atoms with Crippen LogP contribution in [0.5, 0.6) is 0 Å². The van der Waals surface area contributed by atoms with Gasteiger partial charge >= 0.3 is 0 Å². The van der Waals surface area contributed by atoms with Crippen LogP contribution >= 0.6 is 0 Å². The molecule has 116 valence electrons. The molecule has 2 nitrogen and oxygen atoms in total. The van der Waals surface area contributed by atoms with Gasteiger partial charge in [0, 0.05) is 0 Å². The molecule has 1 unspecified atom stereocenters. The quantitative estimate of drug-likeness (QED) is 0.497. The highest BCUT2D eigenvalue weighted by atomic mass is 15.1. The summed E-state index contributed by atoms with van der Waals surface area (Å²) in [5, 5.41) is 0. The zero-order valence-corrected chi connectivity index (χ0v) is 13.3. The van der Waals surface area contributed by atoms with Crippen molar-refractivity contribution < 1.29 is 0 Å². The van der Waals surface area contributed by atoms with Crippen molar-refractivity contribution in [1.29, 1.82) is 0 Å². The standard InChI is InChI=1S/C22H18N2/c1-3-9-18(10-4-1)15-16-21(19-11-5-2-6-12-19)24-17-23-20-13-7-8-14-22(20)24/h1-17,21H/b16-15+. The fourth-order valence-electron chi connectivity index (χ4n) is 2.98. The van der Waals surface area contributed by atoms with Crippen LogP contribution < -0.4 is 0 Å². The molecular weight excluding hydrogens is 292 g/mol. The van der Waals surface area contributed by atoms with Gasteiger partial charge in [-0.3, -0.25) is 0 Å². The van der Waals surface area contributed by atoms with E-state index in [1.807, 2.05) is 24.5 Å². The van der Waals surface area contributed by atoms with Crippen LogP contribution in [0.15, 0.2) is 97.3 Å². The van der Waals surface area contributed by atoms with Crippen LogP contribution in [0.25, 0.3) is 17.1 Å². The molecule has 4 rings (SSSR count). The molecule has 0 aliphatic rings. The second kappa shape index (κ2) is 6.55. The number of rotatable bonds is 4. The van der Waals surface area contributed by atoms with Crippen LogP contribution in [0.2, 0.25) is 0 Å². The third-order valence-corrected chi connectivity index (χ3v) is 4.19. The lowest BCUT2D eigenvalue weighted by molar-refractivity contribution is 0.723. The van der Waals surface area contributed by atoms with E-state index in [1.165, 1.54) is 11.1 Å².